The summed E-state index contributed by atoms with van der Waals surface area (Å²) in [5.74, 6) is -0.0737. The van der Waals surface area contributed by atoms with Gasteiger partial charge in [-0.1, -0.05) is 42.0 Å². The Labute approximate surface area is 156 Å². The Morgan fingerprint density at radius 2 is 1.58 bits per heavy atom. The molecule has 1 N–H and O–H groups in total. The minimum atomic E-state index is -0.0963. The quantitative estimate of drug-likeness (QED) is 0.738. The molecule has 0 heterocycles. The molecule has 0 radical (unpaired) electrons. The number of benzene rings is 2. The molecular formula is C22H28N2O2. The molecule has 0 spiro atoms. The second-order valence-electron chi connectivity index (χ2n) is 7.07. The van der Waals surface area contributed by atoms with E-state index in [1.807, 2.05) is 58.3 Å². The van der Waals surface area contributed by atoms with E-state index in [0.717, 1.165) is 23.2 Å². The third-order valence-electron chi connectivity index (χ3n) is 4.28. The number of nitrogens with zero attached hydrogens (tertiary/aromatic N) is 1. The van der Waals surface area contributed by atoms with E-state index in [-0.39, 0.29) is 24.5 Å². The first-order valence-electron chi connectivity index (χ1n) is 8.95. The van der Waals surface area contributed by atoms with Gasteiger partial charge in [0.25, 0.3) is 0 Å². The Balaban J connectivity index is 1.80. The number of carbonyl (C=O) groups is 2. The van der Waals surface area contributed by atoms with Gasteiger partial charge in [-0.05, 0) is 50.7 Å². The van der Waals surface area contributed by atoms with E-state index in [4.69, 9.17) is 0 Å². The number of hydrogen-bond donors (Lipinski definition) is 1. The Morgan fingerprint density at radius 3 is 2.23 bits per heavy atom. The molecule has 2 aromatic carbocycles. The SMILES string of the molecule is Cc1ccc(C)c(C(=O)CCC(=O)NCc2ccc(CN(C)C)cc2)c1. The molecule has 26 heavy (non-hydrogen) atoms. The zero-order valence-electron chi connectivity index (χ0n) is 16.1. The van der Waals surface area contributed by atoms with Crippen LogP contribution in [0.1, 0.15) is 45.5 Å². The summed E-state index contributed by atoms with van der Waals surface area (Å²) < 4.78 is 0. The molecule has 0 aliphatic carbocycles. The third-order valence-corrected chi connectivity index (χ3v) is 4.28. The molecule has 0 fully saturated rings. The molecular weight excluding hydrogens is 324 g/mol. The van der Waals surface area contributed by atoms with Crippen molar-refractivity contribution >= 4 is 11.7 Å². The molecule has 0 saturated heterocycles. The summed E-state index contributed by atoms with van der Waals surface area (Å²) in [4.78, 5) is 26.5. The molecule has 4 heteroatoms. The number of nitrogens with one attached hydrogen (secondary N) is 1. The van der Waals surface area contributed by atoms with Crippen molar-refractivity contribution in [1.29, 1.82) is 0 Å². The highest BCUT2D eigenvalue weighted by atomic mass is 16.2. The van der Waals surface area contributed by atoms with E-state index in [1.165, 1.54) is 5.56 Å². The van der Waals surface area contributed by atoms with Crippen molar-refractivity contribution in [2.24, 2.45) is 0 Å². The van der Waals surface area contributed by atoms with Crippen molar-refractivity contribution in [2.75, 3.05) is 14.1 Å². The van der Waals surface area contributed by atoms with Crippen LogP contribution in [0.25, 0.3) is 0 Å². The predicted octanol–water partition coefficient (Wildman–Crippen LogP) is 3.64. The van der Waals surface area contributed by atoms with E-state index in [0.29, 0.717) is 12.1 Å². The van der Waals surface area contributed by atoms with Gasteiger partial charge in [0.1, 0.15) is 0 Å². The molecule has 0 atom stereocenters. The van der Waals surface area contributed by atoms with Crippen LogP contribution < -0.4 is 5.32 Å². The van der Waals surface area contributed by atoms with Crippen molar-refractivity contribution in [3.05, 3.63) is 70.3 Å². The van der Waals surface area contributed by atoms with Crippen LogP contribution in [0.5, 0.6) is 0 Å². The van der Waals surface area contributed by atoms with Crippen molar-refractivity contribution in [3.8, 4) is 0 Å². The van der Waals surface area contributed by atoms with E-state index in [1.54, 1.807) is 0 Å². The van der Waals surface area contributed by atoms with E-state index >= 15 is 0 Å². The number of amides is 1. The second kappa shape index (κ2) is 9.30. The van der Waals surface area contributed by atoms with Gasteiger partial charge < -0.3 is 10.2 Å². The maximum atomic E-state index is 12.3. The van der Waals surface area contributed by atoms with Gasteiger partial charge in [-0.3, -0.25) is 9.59 Å². The minimum absolute atomic E-state index is 0.0226. The molecule has 0 aliphatic heterocycles. The Kier molecular flexibility index (Phi) is 7.10. The van der Waals surface area contributed by atoms with E-state index in [9.17, 15) is 9.59 Å². The molecule has 2 rings (SSSR count). The highest BCUT2D eigenvalue weighted by Crippen LogP contribution is 2.14. The van der Waals surface area contributed by atoms with Gasteiger partial charge >= 0.3 is 0 Å². The first-order valence-corrected chi connectivity index (χ1v) is 8.95. The Bertz CT molecular complexity index is 764. The van der Waals surface area contributed by atoms with Crippen LogP contribution in [0.2, 0.25) is 0 Å². The minimum Gasteiger partial charge on any atom is -0.352 e. The lowest BCUT2D eigenvalue weighted by atomic mass is 9.99. The number of Topliss-reactive ketones (excluding diaryl/α,β-unsaturated/α-hetero) is 1. The average molecular weight is 352 g/mol. The maximum absolute atomic E-state index is 12.3. The fourth-order valence-electron chi connectivity index (χ4n) is 2.81. The second-order valence-corrected chi connectivity index (χ2v) is 7.07. The monoisotopic (exact) mass is 352 g/mol. The average Bonchev–Trinajstić information content (AvgIpc) is 2.60. The predicted molar refractivity (Wildman–Crippen MR) is 105 cm³/mol. The highest BCUT2D eigenvalue weighted by molar-refractivity contribution is 5.99. The number of aryl methyl sites for hydroxylation is 2. The van der Waals surface area contributed by atoms with Crippen molar-refractivity contribution < 1.29 is 9.59 Å². The van der Waals surface area contributed by atoms with Gasteiger partial charge in [0.2, 0.25) is 5.91 Å². The lowest BCUT2D eigenvalue weighted by Crippen LogP contribution is -2.23. The molecule has 4 nitrogen and oxygen atoms in total. The summed E-state index contributed by atoms with van der Waals surface area (Å²) in [6.45, 7) is 5.27. The van der Waals surface area contributed by atoms with Crippen LogP contribution >= 0.6 is 0 Å². The summed E-state index contributed by atoms with van der Waals surface area (Å²) in [7, 11) is 4.07. The van der Waals surface area contributed by atoms with Crippen molar-refractivity contribution in [1.82, 2.24) is 10.2 Å². The van der Waals surface area contributed by atoms with Crippen LogP contribution in [-0.2, 0) is 17.9 Å². The van der Waals surface area contributed by atoms with Crippen LogP contribution in [0, 0.1) is 13.8 Å². The summed E-state index contributed by atoms with van der Waals surface area (Å²) in [5, 5.41) is 2.89. The normalized spacial score (nSPS) is 10.8. The van der Waals surface area contributed by atoms with Crippen LogP contribution in [-0.4, -0.2) is 30.7 Å². The summed E-state index contributed by atoms with van der Waals surface area (Å²) in [6.07, 6.45) is 0.447. The van der Waals surface area contributed by atoms with Crippen molar-refractivity contribution in [2.45, 2.75) is 39.8 Å². The number of rotatable bonds is 8. The summed E-state index contributed by atoms with van der Waals surface area (Å²) >= 11 is 0. The Morgan fingerprint density at radius 1 is 0.923 bits per heavy atom. The van der Waals surface area contributed by atoms with Gasteiger partial charge in [0, 0.05) is 31.5 Å². The fraction of sp³-hybridized carbons (Fsp3) is 0.364. The van der Waals surface area contributed by atoms with E-state index < -0.39 is 0 Å². The summed E-state index contributed by atoms with van der Waals surface area (Å²) in [6, 6.07) is 14.0. The van der Waals surface area contributed by atoms with Crippen molar-refractivity contribution in [3.63, 3.8) is 0 Å². The van der Waals surface area contributed by atoms with Gasteiger partial charge in [0.15, 0.2) is 5.78 Å². The summed E-state index contributed by atoms with van der Waals surface area (Å²) in [5.41, 5.74) is 5.03. The molecule has 2 aromatic rings. The zero-order chi connectivity index (χ0) is 19.1. The number of ketones is 1. The highest BCUT2D eigenvalue weighted by Gasteiger charge is 2.11. The number of carbonyl (C=O) groups excluding carboxylic acids is 2. The van der Waals surface area contributed by atoms with Gasteiger partial charge in [-0.2, -0.15) is 0 Å². The molecule has 1 amide bonds. The van der Waals surface area contributed by atoms with Crippen LogP contribution in [0.3, 0.4) is 0 Å². The smallest absolute Gasteiger partial charge is 0.220 e. The lowest BCUT2D eigenvalue weighted by Gasteiger charge is -2.10. The zero-order valence-corrected chi connectivity index (χ0v) is 16.1. The molecule has 0 aromatic heterocycles. The molecule has 0 aliphatic rings. The lowest BCUT2D eigenvalue weighted by molar-refractivity contribution is -0.121. The standard InChI is InChI=1S/C22H28N2O2/c1-16-5-6-17(2)20(13-16)21(25)11-12-22(26)23-14-18-7-9-19(10-8-18)15-24(3)4/h5-10,13H,11-12,14-15H2,1-4H3,(H,23,26). The molecule has 0 unspecified atom stereocenters. The third kappa shape index (κ3) is 6.12. The molecule has 0 bridgehead atoms. The molecule has 138 valence electrons. The fourth-order valence-corrected chi connectivity index (χ4v) is 2.81. The molecule has 0 saturated carbocycles. The van der Waals surface area contributed by atoms with Gasteiger partial charge in [-0.25, -0.2) is 0 Å². The number of hydrogen-bond acceptors (Lipinski definition) is 3. The topological polar surface area (TPSA) is 49.4 Å². The first kappa shape index (κ1) is 19.9. The van der Waals surface area contributed by atoms with E-state index in [2.05, 4.69) is 22.3 Å². The van der Waals surface area contributed by atoms with Crippen LogP contribution in [0.15, 0.2) is 42.5 Å². The first-order chi connectivity index (χ1) is 12.3. The van der Waals surface area contributed by atoms with Crippen LogP contribution in [0.4, 0.5) is 0 Å². The maximum Gasteiger partial charge on any atom is 0.220 e. The van der Waals surface area contributed by atoms with Gasteiger partial charge in [-0.15, -0.1) is 0 Å². The van der Waals surface area contributed by atoms with Gasteiger partial charge in [0.05, 0.1) is 0 Å². The largest absolute Gasteiger partial charge is 0.352 e. The Hall–Kier alpha value is -2.46.